The summed E-state index contributed by atoms with van der Waals surface area (Å²) in [5.41, 5.74) is 2.77. The van der Waals surface area contributed by atoms with Gasteiger partial charge in [-0.15, -0.1) is 11.3 Å². The molecular weight excluding hydrogens is 436 g/mol. The van der Waals surface area contributed by atoms with E-state index in [1.54, 1.807) is 6.20 Å². The predicted octanol–water partition coefficient (Wildman–Crippen LogP) is 5.11. The fourth-order valence-electron chi connectivity index (χ4n) is 3.59. The normalized spacial score (nSPS) is 18.3. The van der Waals surface area contributed by atoms with E-state index in [2.05, 4.69) is 20.5 Å². The summed E-state index contributed by atoms with van der Waals surface area (Å²) in [6.45, 7) is 2.47. The van der Waals surface area contributed by atoms with Crippen LogP contribution < -0.4 is 10.6 Å². The summed E-state index contributed by atoms with van der Waals surface area (Å²) in [6.07, 6.45) is 2.09. The van der Waals surface area contributed by atoms with E-state index in [9.17, 15) is 4.79 Å². The molecule has 3 aromatic rings. The number of hydrogen-bond acceptors (Lipinski definition) is 4. The fourth-order valence-corrected chi connectivity index (χ4v) is 5.13. The average molecular weight is 457 g/mol. The van der Waals surface area contributed by atoms with Crippen LogP contribution in [0.25, 0.3) is 0 Å². The van der Waals surface area contributed by atoms with Crippen LogP contribution in [0.5, 0.6) is 0 Å². The Morgan fingerprint density at radius 1 is 1.23 bits per heavy atom. The van der Waals surface area contributed by atoms with Gasteiger partial charge in [-0.05, 0) is 55.0 Å². The van der Waals surface area contributed by atoms with Crippen molar-refractivity contribution in [1.82, 2.24) is 15.2 Å². The highest BCUT2D eigenvalue weighted by Crippen LogP contribution is 2.42. The zero-order valence-corrected chi connectivity index (χ0v) is 18.7. The van der Waals surface area contributed by atoms with Crippen LogP contribution in [0.15, 0.2) is 60.8 Å². The van der Waals surface area contributed by atoms with Gasteiger partial charge in [-0.3, -0.25) is 9.78 Å². The van der Waals surface area contributed by atoms with Crippen molar-refractivity contribution < 1.29 is 4.79 Å². The second-order valence-corrected chi connectivity index (χ2v) is 9.21. The summed E-state index contributed by atoms with van der Waals surface area (Å²) in [6, 6.07) is 17.3. The summed E-state index contributed by atoms with van der Waals surface area (Å²) >= 11 is 13.4. The monoisotopic (exact) mass is 456 g/mol. The predicted molar refractivity (Wildman–Crippen MR) is 126 cm³/mol. The standard InChI is InChI=1S/C22H21ClN4OS2/c1-14-6-2-3-7-15(14)25-19(28)11-13-27-21(17-9-10-18(23)30-17)20(26-22(27)29)16-8-4-5-12-24-16/h2-10,12,20-21H,11,13H2,1H3,(H,25,28)(H,26,29). The zero-order chi connectivity index (χ0) is 21.1. The Morgan fingerprint density at radius 2 is 2.03 bits per heavy atom. The van der Waals surface area contributed by atoms with Gasteiger partial charge in [0.05, 0.1) is 22.1 Å². The number of thiophene rings is 1. The first kappa shape index (κ1) is 20.8. The Balaban J connectivity index is 1.52. The molecule has 4 rings (SSSR count). The number of rotatable bonds is 6. The van der Waals surface area contributed by atoms with Gasteiger partial charge in [0, 0.05) is 29.7 Å². The Morgan fingerprint density at radius 3 is 2.73 bits per heavy atom. The van der Waals surface area contributed by atoms with Gasteiger partial charge in [0.1, 0.15) is 0 Å². The van der Waals surface area contributed by atoms with Crippen LogP contribution >= 0.6 is 35.2 Å². The highest BCUT2D eigenvalue weighted by molar-refractivity contribution is 7.80. The smallest absolute Gasteiger partial charge is 0.226 e. The van der Waals surface area contributed by atoms with Gasteiger partial charge < -0.3 is 15.5 Å². The minimum Gasteiger partial charge on any atom is -0.352 e. The van der Waals surface area contributed by atoms with Crippen LogP contribution in [0.4, 0.5) is 5.69 Å². The molecule has 1 aliphatic heterocycles. The van der Waals surface area contributed by atoms with E-state index in [0.29, 0.717) is 18.1 Å². The number of carbonyl (C=O) groups is 1. The molecule has 8 heteroatoms. The Hall–Kier alpha value is -2.48. The van der Waals surface area contributed by atoms with Gasteiger partial charge in [0.25, 0.3) is 0 Å². The van der Waals surface area contributed by atoms with E-state index in [1.807, 2.05) is 61.5 Å². The highest BCUT2D eigenvalue weighted by atomic mass is 35.5. The van der Waals surface area contributed by atoms with Gasteiger partial charge >= 0.3 is 0 Å². The number of aromatic nitrogens is 1. The molecule has 1 fully saturated rings. The number of aryl methyl sites for hydroxylation is 1. The number of nitrogens with one attached hydrogen (secondary N) is 2. The van der Waals surface area contributed by atoms with Crippen LogP contribution in [0.2, 0.25) is 4.34 Å². The number of amides is 1. The van der Waals surface area contributed by atoms with Crippen LogP contribution in [0.1, 0.15) is 34.6 Å². The first-order chi connectivity index (χ1) is 14.5. The van der Waals surface area contributed by atoms with Crippen molar-refractivity contribution in [1.29, 1.82) is 0 Å². The number of nitrogens with zero attached hydrogens (tertiary/aromatic N) is 2. The van der Waals surface area contributed by atoms with Crippen molar-refractivity contribution in [2.75, 3.05) is 11.9 Å². The quantitative estimate of drug-likeness (QED) is 0.505. The molecule has 1 amide bonds. The minimum absolute atomic E-state index is 0.0450. The van der Waals surface area contributed by atoms with E-state index in [1.165, 1.54) is 11.3 Å². The number of benzene rings is 1. The Kier molecular flexibility index (Phi) is 6.32. The summed E-state index contributed by atoms with van der Waals surface area (Å²) < 4.78 is 0.722. The maximum atomic E-state index is 12.6. The lowest BCUT2D eigenvalue weighted by Gasteiger charge is -2.26. The molecule has 2 N–H and O–H groups in total. The lowest BCUT2D eigenvalue weighted by molar-refractivity contribution is -0.116. The lowest BCUT2D eigenvalue weighted by Crippen LogP contribution is -2.32. The van der Waals surface area contributed by atoms with Gasteiger partial charge in [0.15, 0.2) is 5.11 Å². The molecule has 1 aliphatic rings. The van der Waals surface area contributed by atoms with E-state index < -0.39 is 0 Å². The molecule has 0 spiro atoms. The number of thiocarbonyl (C=S) groups is 1. The van der Waals surface area contributed by atoms with Crippen molar-refractivity contribution in [3.05, 3.63) is 81.3 Å². The molecule has 5 nitrogen and oxygen atoms in total. The third-order valence-corrected chi connectivity index (χ3v) is 6.74. The molecule has 3 heterocycles. The van der Waals surface area contributed by atoms with E-state index in [4.69, 9.17) is 23.8 Å². The first-order valence-corrected chi connectivity index (χ1v) is 11.2. The first-order valence-electron chi connectivity index (χ1n) is 9.61. The number of halogens is 1. The number of carbonyl (C=O) groups excluding carboxylic acids is 1. The fraction of sp³-hybridized carbons (Fsp3) is 0.227. The van der Waals surface area contributed by atoms with Crippen molar-refractivity contribution in [2.45, 2.75) is 25.4 Å². The Bertz CT molecular complexity index is 1060. The summed E-state index contributed by atoms with van der Waals surface area (Å²) in [5, 5.41) is 6.99. The summed E-state index contributed by atoms with van der Waals surface area (Å²) in [4.78, 5) is 20.3. The van der Waals surface area contributed by atoms with Crippen molar-refractivity contribution in [3.63, 3.8) is 0 Å². The van der Waals surface area contributed by atoms with E-state index >= 15 is 0 Å². The van der Waals surface area contributed by atoms with Gasteiger partial charge in [0.2, 0.25) is 5.91 Å². The molecule has 0 aliphatic carbocycles. The number of pyridine rings is 1. The number of para-hydroxylation sites is 1. The van der Waals surface area contributed by atoms with Gasteiger partial charge in [-0.2, -0.15) is 0 Å². The third kappa shape index (κ3) is 4.48. The third-order valence-electron chi connectivity index (χ3n) is 5.08. The minimum atomic E-state index is -0.104. The van der Waals surface area contributed by atoms with Crippen molar-refractivity contribution in [3.8, 4) is 0 Å². The second-order valence-electron chi connectivity index (χ2n) is 7.07. The maximum Gasteiger partial charge on any atom is 0.226 e. The van der Waals surface area contributed by atoms with Crippen LogP contribution in [0, 0.1) is 6.92 Å². The summed E-state index contributed by atoms with van der Waals surface area (Å²) in [7, 11) is 0. The molecule has 2 unspecified atom stereocenters. The number of hydrogen-bond donors (Lipinski definition) is 2. The average Bonchev–Trinajstić information content (AvgIpc) is 3.31. The zero-order valence-electron chi connectivity index (χ0n) is 16.3. The molecule has 1 saturated heterocycles. The second kappa shape index (κ2) is 9.12. The highest BCUT2D eigenvalue weighted by Gasteiger charge is 2.40. The van der Waals surface area contributed by atoms with Crippen LogP contribution in [0.3, 0.4) is 0 Å². The SMILES string of the molecule is Cc1ccccc1NC(=O)CCN1C(=S)NC(c2ccccn2)C1c1ccc(Cl)s1. The molecule has 1 aromatic carbocycles. The van der Waals surface area contributed by atoms with Crippen molar-refractivity contribution >= 4 is 51.9 Å². The molecular formula is C22H21ClN4OS2. The molecule has 0 bridgehead atoms. The van der Waals surface area contributed by atoms with E-state index in [0.717, 1.165) is 26.2 Å². The molecule has 0 saturated carbocycles. The lowest BCUT2D eigenvalue weighted by atomic mass is 10.0. The summed E-state index contributed by atoms with van der Waals surface area (Å²) in [5.74, 6) is -0.0450. The van der Waals surface area contributed by atoms with Gasteiger partial charge in [-0.25, -0.2) is 0 Å². The van der Waals surface area contributed by atoms with Gasteiger partial charge in [-0.1, -0.05) is 35.9 Å². The topological polar surface area (TPSA) is 57.3 Å². The molecule has 0 radical (unpaired) electrons. The molecule has 30 heavy (non-hydrogen) atoms. The molecule has 2 aromatic heterocycles. The molecule has 2 atom stereocenters. The maximum absolute atomic E-state index is 12.6. The van der Waals surface area contributed by atoms with Crippen LogP contribution in [-0.4, -0.2) is 27.4 Å². The Labute approximate surface area is 190 Å². The van der Waals surface area contributed by atoms with Crippen molar-refractivity contribution in [2.24, 2.45) is 0 Å². The number of anilines is 1. The van der Waals surface area contributed by atoms with Crippen LogP contribution in [-0.2, 0) is 4.79 Å². The largest absolute Gasteiger partial charge is 0.352 e. The molecule has 154 valence electrons. The van der Waals surface area contributed by atoms with E-state index in [-0.39, 0.29) is 18.0 Å².